The lowest BCUT2D eigenvalue weighted by atomic mass is 10.1. The maximum atomic E-state index is 5.12. The molecule has 0 amide bonds. The van der Waals surface area contributed by atoms with Gasteiger partial charge < -0.3 is 28.5 Å². The van der Waals surface area contributed by atoms with Crippen LogP contribution < -0.4 is 24.0 Å². The van der Waals surface area contributed by atoms with Crippen molar-refractivity contribution in [2.24, 2.45) is 9.98 Å². The topological polar surface area (TPSA) is 24.7 Å². The minimum absolute atomic E-state index is 0. The Hall–Kier alpha value is -1.61. The standard InChI is InChI=1S/C28H32N3S2.HI/c1-4-31(3,5-2)19-20-32-28-21-26(29-24-16-10-11-17-25(24)30-28)23-15-9-12-18-27(23)33-22-13-7-6-8-14-22;/h6-18H,4-5,19-21H2,1-3H3;1H/q+1;/p-1. The molecule has 0 bridgehead atoms. The third-order valence-electron chi connectivity index (χ3n) is 6.30. The molecular formula is C28H32IN3S2. The van der Waals surface area contributed by atoms with Crippen LogP contribution in [0.4, 0.5) is 11.4 Å². The molecule has 178 valence electrons. The molecule has 0 atom stereocenters. The van der Waals surface area contributed by atoms with Crippen LogP contribution in [-0.4, -0.2) is 47.7 Å². The summed E-state index contributed by atoms with van der Waals surface area (Å²) in [6, 6.07) is 27.4. The van der Waals surface area contributed by atoms with Crippen LogP contribution in [0.5, 0.6) is 0 Å². The Morgan fingerprint density at radius 1 is 0.794 bits per heavy atom. The van der Waals surface area contributed by atoms with Crippen LogP contribution >= 0.6 is 23.5 Å². The van der Waals surface area contributed by atoms with Gasteiger partial charge in [0.25, 0.3) is 0 Å². The number of halogens is 1. The lowest BCUT2D eigenvalue weighted by Gasteiger charge is -2.31. The van der Waals surface area contributed by atoms with Gasteiger partial charge in [-0.15, -0.1) is 11.8 Å². The number of benzene rings is 3. The second-order valence-electron chi connectivity index (χ2n) is 8.46. The highest BCUT2D eigenvalue weighted by atomic mass is 127. The molecule has 0 saturated heterocycles. The molecule has 0 N–H and O–H groups in total. The predicted molar refractivity (Wildman–Crippen MR) is 146 cm³/mol. The molecule has 1 heterocycles. The van der Waals surface area contributed by atoms with Crippen molar-refractivity contribution in [1.29, 1.82) is 0 Å². The molecule has 3 aromatic carbocycles. The number of para-hydroxylation sites is 2. The smallest absolute Gasteiger partial charge is 0.0896 e. The Balaban J connectivity index is 0.00000324. The fraction of sp³-hybridized carbons (Fsp3) is 0.286. The van der Waals surface area contributed by atoms with E-state index in [1.807, 2.05) is 23.9 Å². The summed E-state index contributed by atoms with van der Waals surface area (Å²) >= 11 is 3.68. The number of quaternary nitrogens is 1. The summed E-state index contributed by atoms with van der Waals surface area (Å²) < 4.78 is 1.09. The van der Waals surface area contributed by atoms with Crippen LogP contribution in [-0.2, 0) is 0 Å². The van der Waals surface area contributed by atoms with E-state index in [9.17, 15) is 0 Å². The average molecular weight is 602 g/mol. The molecule has 3 nitrogen and oxygen atoms in total. The Bertz CT molecular complexity index is 1140. The third-order valence-corrected chi connectivity index (χ3v) is 8.34. The van der Waals surface area contributed by atoms with Gasteiger partial charge in [-0.25, -0.2) is 4.99 Å². The maximum absolute atomic E-state index is 5.12. The summed E-state index contributed by atoms with van der Waals surface area (Å²) in [4.78, 5) is 12.6. The second-order valence-corrected chi connectivity index (χ2v) is 10.7. The molecular weight excluding hydrogens is 569 g/mol. The largest absolute Gasteiger partial charge is 1.00 e. The molecule has 1 aliphatic rings. The molecule has 4 rings (SSSR count). The summed E-state index contributed by atoms with van der Waals surface area (Å²) in [5.41, 5.74) is 4.20. The molecule has 0 spiro atoms. The second kappa shape index (κ2) is 12.9. The maximum Gasteiger partial charge on any atom is 0.0896 e. The van der Waals surface area contributed by atoms with Gasteiger partial charge in [0.1, 0.15) is 0 Å². The Morgan fingerprint density at radius 2 is 1.41 bits per heavy atom. The van der Waals surface area contributed by atoms with Crippen LogP contribution in [0.1, 0.15) is 25.8 Å². The zero-order chi connectivity index (χ0) is 23.1. The molecule has 0 fully saturated rings. The quantitative estimate of drug-likeness (QED) is 0.278. The van der Waals surface area contributed by atoms with Gasteiger partial charge in [0.2, 0.25) is 0 Å². The number of nitrogens with zero attached hydrogens (tertiary/aromatic N) is 3. The van der Waals surface area contributed by atoms with Gasteiger partial charge in [0.05, 0.1) is 48.8 Å². The normalized spacial score (nSPS) is 13.3. The zero-order valence-corrected chi connectivity index (χ0v) is 23.9. The first kappa shape index (κ1) is 27.0. The number of rotatable bonds is 8. The highest BCUT2D eigenvalue weighted by molar-refractivity contribution is 8.14. The average Bonchev–Trinajstić information content (AvgIpc) is 3.04. The fourth-order valence-electron chi connectivity index (χ4n) is 3.73. The van der Waals surface area contributed by atoms with Gasteiger partial charge in [-0.05, 0) is 44.2 Å². The highest BCUT2D eigenvalue weighted by Crippen LogP contribution is 2.36. The number of hydrogen-bond acceptors (Lipinski definition) is 4. The SMILES string of the molecule is CC[N+](C)(CC)CCSC1=Nc2ccccc2N=C(c2ccccc2Sc2ccccc2)C1.[I-]. The van der Waals surface area contributed by atoms with E-state index in [2.05, 4.69) is 87.6 Å². The van der Waals surface area contributed by atoms with Crippen LogP contribution in [0.25, 0.3) is 0 Å². The van der Waals surface area contributed by atoms with E-state index in [1.165, 1.54) is 15.4 Å². The van der Waals surface area contributed by atoms with E-state index < -0.39 is 0 Å². The highest BCUT2D eigenvalue weighted by Gasteiger charge is 2.20. The van der Waals surface area contributed by atoms with Gasteiger partial charge in [0, 0.05) is 27.5 Å². The van der Waals surface area contributed by atoms with Gasteiger partial charge in [-0.3, -0.25) is 4.99 Å². The van der Waals surface area contributed by atoms with Crippen molar-refractivity contribution >= 4 is 45.7 Å². The number of fused-ring (bicyclic) bond motifs is 1. The molecule has 1 aliphatic heterocycles. The van der Waals surface area contributed by atoms with Crippen LogP contribution in [0.2, 0.25) is 0 Å². The molecule has 0 saturated carbocycles. The minimum atomic E-state index is 0. The predicted octanol–water partition coefficient (Wildman–Crippen LogP) is 4.62. The summed E-state index contributed by atoms with van der Waals surface area (Å²) in [6.07, 6.45) is 0.758. The summed E-state index contributed by atoms with van der Waals surface area (Å²) in [5, 5.41) is 1.15. The lowest BCUT2D eigenvalue weighted by Crippen LogP contribution is -3.00. The number of hydrogen-bond donors (Lipinski definition) is 0. The van der Waals surface area contributed by atoms with E-state index in [0.717, 1.165) is 58.4 Å². The Morgan fingerprint density at radius 3 is 2.12 bits per heavy atom. The number of thioether (sulfide) groups is 1. The van der Waals surface area contributed by atoms with Crippen molar-refractivity contribution in [2.45, 2.75) is 30.1 Å². The van der Waals surface area contributed by atoms with E-state index >= 15 is 0 Å². The van der Waals surface area contributed by atoms with Gasteiger partial charge in [-0.1, -0.05) is 60.3 Å². The van der Waals surface area contributed by atoms with E-state index in [0.29, 0.717) is 0 Å². The summed E-state index contributed by atoms with van der Waals surface area (Å²) in [7, 11) is 2.34. The molecule has 3 aromatic rings. The van der Waals surface area contributed by atoms with Crippen LogP contribution in [0, 0.1) is 0 Å². The monoisotopic (exact) mass is 601 g/mol. The fourth-order valence-corrected chi connectivity index (χ4v) is 5.89. The first-order valence-corrected chi connectivity index (χ1v) is 13.4. The van der Waals surface area contributed by atoms with Crippen molar-refractivity contribution < 1.29 is 28.5 Å². The zero-order valence-electron chi connectivity index (χ0n) is 20.1. The van der Waals surface area contributed by atoms with Crippen molar-refractivity contribution in [3.05, 3.63) is 84.4 Å². The van der Waals surface area contributed by atoms with Crippen molar-refractivity contribution in [2.75, 3.05) is 32.4 Å². The summed E-state index contributed by atoms with van der Waals surface area (Å²) in [6.45, 7) is 8.01. The molecule has 6 heteroatoms. The van der Waals surface area contributed by atoms with E-state index in [1.54, 1.807) is 11.8 Å². The van der Waals surface area contributed by atoms with E-state index in [4.69, 9.17) is 9.98 Å². The van der Waals surface area contributed by atoms with Crippen LogP contribution in [0.3, 0.4) is 0 Å². The molecule has 0 unspecified atom stereocenters. The lowest BCUT2D eigenvalue weighted by molar-refractivity contribution is -0.903. The van der Waals surface area contributed by atoms with Gasteiger partial charge in [-0.2, -0.15) is 0 Å². The van der Waals surface area contributed by atoms with Gasteiger partial charge in [0.15, 0.2) is 0 Å². The summed E-state index contributed by atoms with van der Waals surface area (Å²) in [5.74, 6) is 1.06. The Kier molecular flexibility index (Phi) is 10.2. The third kappa shape index (κ3) is 6.97. The molecule has 34 heavy (non-hydrogen) atoms. The van der Waals surface area contributed by atoms with Crippen molar-refractivity contribution in [3.8, 4) is 0 Å². The molecule has 0 radical (unpaired) electrons. The Labute approximate surface area is 229 Å². The minimum Gasteiger partial charge on any atom is -1.00 e. The van der Waals surface area contributed by atoms with Crippen molar-refractivity contribution in [1.82, 2.24) is 0 Å². The van der Waals surface area contributed by atoms with E-state index in [-0.39, 0.29) is 24.0 Å². The van der Waals surface area contributed by atoms with Gasteiger partial charge >= 0.3 is 0 Å². The number of aliphatic imine (C=N–C) groups is 2. The molecule has 0 aliphatic carbocycles. The first-order chi connectivity index (χ1) is 16.1. The molecule has 0 aromatic heterocycles. The first-order valence-electron chi connectivity index (χ1n) is 11.6. The van der Waals surface area contributed by atoms with Crippen molar-refractivity contribution in [3.63, 3.8) is 0 Å². The van der Waals surface area contributed by atoms with Crippen LogP contribution in [0.15, 0.2) is 98.6 Å².